The lowest BCUT2D eigenvalue weighted by atomic mass is 10.2. The summed E-state index contributed by atoms with van der Waals surface area (Å²) in [7, 11) is -3.69. The average molecular weight is 382 g/mol. The van der Waals surface area contributed by atoms with Gasteiger partial charge in [-0.1, -0.05) is 6.92 Å². The normalized spacial score (nSPS) is 13.5. The number of benzene rings is 1. The van der Waals surface area contributed by atoms with Crippen LogP contribution in [0.4, 0.5) is 5.69 Å². The topological polar surface area (TPSA) is 93.7 Å². The van der Waals surface area contributed by atoms with E-state index >= 15 is 0 Å². The summed E-state index contributed by atoms with van der Waals surface area (Å²) in [5, 5.41) is 2.63. The van der Waals surface area contributed by atoms with Crippen molar-refractivity contribution in [3.63, 3.8) is 0 Å². The van der Waals surface area contributed by atoms with Crippen molar-refractivity contribution >= 4 is 33.0 Å². The molecular weight excluding hydrogens is 364 g/mol. The van der Waals surface area contributed by atoms with Crippen LogP contribution in [0.2, 0.25) is 0 Å². The molecule has 0 unspecified atom stereocenters. The van der Waals surface area contributed by atoms with E-state index in [4.69, 9.17) is 9.47 Å². The van der Waals surface area contributed by atoms with E-state index in [2.05, 4.69) is 10.0 Å². The fourth-order valence-electron chi connectivity index (χ4n) is 2.25. The first-order chi connectivity index (χ1) is 12.0. The largest absolute Gasteiger partial charge is 0.486 e. The van der Waals surface area contributed by atoms with Gasteiger partial charge in [-0.05, 0) is 30.7 Å². The number of fused-ring (bicyclic) bond motifs is 1. The van der Waals surface area contributed by atoms with E-state index in [9.17, 15) is 13.2 Å². The predicted molar refractivity (Wildman–Crippen MR) is 94.9 cm³/mol. The van der Waals surface area contributed by atoms with Crippen LogP contribution in [0.25, 0.3) is 0 Å². The van der Waals surface area contributed by atoms with E-state index in [0.29, 0.717) is 30.4 Å². The first-order valence-corrected chi connectivity index (χ1v) is 10.1. The van der Waals surface area contributed by atoms with Crippen LogP contribution in [-0.4, -0.2) is 34.1 Å². The molecule has 2 N–H and O–H groups in total. The van der Waals surface area contributed by atoms with Crippen LogP contribution in [0.5, 0.6) is 11.5 Å². The molecule has 0 aliphatic carbocycles. The Bertz CT molecular complexity index is 876. The van der Waals surface area contributed by atoms with Crippen molar-refractivity contribution < 1.29 is 22.7 Å². The Balaban J connectivity index is 1.59. The third-order valence-corrected chi connectivity index (χ3v) is 6.62. The highest BCUT2D eigenvalue weighted by Crippen LogP contribution is 2.32. The number of rotatable bonds is 6. The van der Waals surface area contributed by atoms with Gasteiger partial charge in [0.25, 0.3) is 10.0 Å². The van der Waals surface area contributed by atoms with Gasteiger partial charge in [-0.25, -0.2) is 13.1 Å². The van der Waals surface area contributed by atoms with Crippen LogP contribution in [0.1, 0.15) is 11.8 Å². The van der Waals surface area contributed by atoms with E-state index < -0.39 is 15.9 Å². The Morgan fingerprint density at radius 1 is 1.16 bits per heavy atom. The second-order valence-electron chi connectivity index (χ2n) is 5.31. The maximum atomic E-state index is 12.2. The van der Waals surface area contributed by atoms with Gasteiger partial charge in [-0.3, -0.25) is 4.79 Å². The maximum Gasteiger partial charge on any atom is 0.250 e. The molecule has 2 aromatic rings. The Kier molecular flexibility index (Phi) is 5.26. The molecule has 0 saturated carbocycles. The molecule has 9 heteroatoms. The van der Waals surface area contributed by atoms with Gasteiger partial charge < -0.3 is 14.8 Å². The van der Waals surface area contributed by atoms with Gasteiger partial charge in [0.2, 0.25) is 5.91 Å². The van der Waals surface area contributed by atoms with Gasteiger partial charge in [0, 0.05) is 16.6 Å². The highest BCUT2D eigenvalue weighted by atomic mass is 32.2. The molecule has 1 aliphatic heterocycles. The lowest BCUT2D eigenvalue weighted by Gasteiger charge is -2.19. The molecule has 1 amide bonds. The molecule has 1 aromatic heterocycles. The summed E-state index contributed by atoms with van der Waals surface area (Å²) in [4.78, 5) is 13.0. The lowest BCUT2D eigenvalue weighted by Crippen LogP contribution is -2.32. The second kappa shape index (κ2) is 7.42. The van der Waals surface area contributed by atoms with Crippen LogP contribution in [-0.2, 0) is 21.2 Å². The molecule has 2 heterocycles. The van der Waals surface area contributed by atoms with Gasteiger partial charge in [0.15, 0.2) is 11.5 Å². The molecule has 1 aromatic carbocycles. The number of thiophene rings is 1. The monoisotopic (exact) mass is 382 g/mol. The average Bonchev–Trinajstić information content (AvgIpc) is 3.10. The molecule has 3 rings (SSSR count). The van der Waals surface area contributed by atoms with Gasteiger partial charge in [0.1, 0.15) is 17.4 Å². The molecular formula is C16H18N2O5S2. The minimum atomic E-state index is -3.69. The van der Waals surface area contributed by atoms with E-state index in [-0.39, 0.29) is 10.8 Å². The number of hydrogen-bond donors (Lipinski definition) is 2. The van der Waals surface area contributed by atoms with E-state index in [1.165, 1.54) is 11.3 Å². The van der Waals surface area contributed by atoms with Crippen molar-refractivity contribution in [1.82, 2.24) is 4.72 Å². The second-order valence-corrected chi connectivity index (χ2v) is 8.47. The summed E-state index contributed by atoms with van der Waals surface area (Å²) >= 11 is 1.20. The van der Waals surface area contributed by atoms with Gasteiger partial charge in [-0.2, -0.15) is 0 Å². The minimum Gasteiger partial charge on any atom is -0.486 e. The molecule has 0 saturated heterocycles. The summed E-state index contributed by atoms with van der Waals surface area (Å²) < 4.78 is 37.8. The summed E-state index contributed by atoms with van der Waals surface area (Å²) in [6.45, 7) is 2.54. The van der Waals surface area contributed by atoms with E-state index in [1.54, 1.807) is 30.3 Å². The molecule has 134 valence electrons. The van der Waals surface area contributed by atoms with Crippen LogP contribution < -0.4 is 19.5 Å². The first-order valence-electron chi connectivity index (χ1n) is 7.76. The van der Waals surface area contributed by atoms with Crippen LogP contribution in [0.15, 0.2) is 34.5 Å². The van der Waals surface area contributed by atoms with Crippen molar-refractivity contribution in [3.8, 4) is 11.5 Å². The molecule has 7 nitrogen and oxygen atoms in total. The van der Waals surface area contributed by atoms with Gasteiger partial charge >= 0.3 is 0 Å². The number of amides is 1. The zero-order valence-corrected chi connectivity index (χ0v) is 15.2. The van der Waals surface area contributed by atoms with Crippen LogP contribution in [0, 0.1) is 0 Å². The number of hydrogen-bond acceptors (Lipinski definition) is 6. The molecule has 0 spiro atoms. The summed E-state index contributed by atoms with van der Waals surface area (Å²) in [6.07, 6.45) is 0.769. The number of aryl methyl sites for hydroxylation is 1. The van der Waals surface area contributed by atoms with Crippen molar-refractivity contribution in [3.05, 3.63) is 35.2 Å². The summed E-state index contributed by atoms with van der Waals surface area (Å²) in [5.41, 5.74) is 0.512. The minimum absolute atomic E-state index is 0.205. The Hall–Kier alpha value is -2.10. The van der Waals surface area contributed by atoms with E-state index in [0.717, 1.165) is 11.3 Å². The number of ether oxygens (including phenoxy) is 2. The Morgan fingerprint density at radius 2 is 1.92 bits per heavy atom. The Labute approximate surface area is 150 Å². The maximum absolute atomic E-state index is 12.2. The first kappa shape index (κ1) is 17.7. The van der Waals surface area contributed by atoms with Crippen LogP contribution >= 0.6 is 11.3 Å². The third kappa shape index (κ3) is 4.30. The quantitative estimate of drug-likeness (QED) is 0.797. The molecule has 0 bridgehead atoms. The number of carbonyl (C=O) groups is 1. The van der Waals surface area contributed by atoms with Crippen molar-refractivity contribution in [2.75, 3.05) is 25.1 Å². The molecule has 0 fully saturated rings. The summed E-state index contributed by atoms with van der Waals surface area (Å²) in [5.74, 6) is 0.706. The van der Waals surface area contributed by atoms with Crippen molar-refractivity contribution in [2.24, 2.45) is 0 Å². The fraction of sp³-hybridized carbons (Fsp3) is 0.312. The number of anilines is 1. The van der Waals surface area contributed by atoms with Crippen molar-refractivity contribution in [2.45, 2.75) is 17.6 Å². The standard InChI is InChI=1S/C16H18N2O5S2/c1-2-12-4-6-16(24-12)25(20,21)17-10-15(19)18-11-3-5-13-14(9-11)23-8-7-22-13/h3-6,9,17H,2,7-8,10H2,1H3,(H,18,19). The predicted octanol–water partition coefficient (Wildman–Crippen LogP) is 2.00. The molecule has 0 radical (unpaired) electrons. The highest BCUT2D eigenvalue weighted by Gasteiger charge is 2.18. The lowest BCUT2D eigenvalue weighted by molar-refractivity contribution is -0.115. The molecule has 25 heavy (non-hydrogen) atoms. The number of carbonyl (C=O) groups excluding carboxylic acids is 1. The van der Waals surface area contributed by atoms with Crippen LogP contribution in [0.3, 0.4) is 0 Å². The Morgan fingerprint density at radius 3 is 2.64 bits per heavy atom. The highest BCUT2D eigenvalue weighted by molar-refractivity contribution is 7.91. The zero-order valence-electron chi connectivity index (χ0n) is 13.6. The van der Waals surface area contributed by atoms with Crippen molar-refractivity contribution in [1.29, 1.82) is 0 Å². The molecule has 1 aliphatic rings. The smallest absolute Gasteiger partial charge is 0.250 e. The third-order valence-electron chi connectivity index (χ3n) is 3.50. The SMILES string of the molecule is CCc1ccc(S(=O)(=O)NCC(=O)Nc2ccc3c(c2)OCCO3)s1. The van der Waals surface area contributed by atoms with Gasteiger partial charge in [-0.15, -0.1) is 11.3 Å². The summed E-state index contributed by atoms with van der Waals surface area (Å²) in [6, 6.07) is 8.34. The fourth-order valence-corrected chi connectivity index (χ4v) is 4.57. The number of sulfonamides is 1. The van der Waals surface area contributed by atoms with E-state index in [1.807, 2.05) is 6.92 Å². The number of nitrogens with one attached hydrogen (secondary N) is 2. The zero-order chi connectivity index (χ0) is 17.9. The molecule has 0 atom stereocenters. The van der Waals surface area contributed by atoms with Gasteiger partial charge in [0.05, 0.1) is 6.54 Å².